The molecule has 0 saturated heterocycles. The summed E-state index contributed by atoms with van der Waals surface area (Å²) in [6.45, 7) is 0. The van der Waals surface area contributed by atoms with Crippen LogP contribution < -0.4 is 4.74 Å². The molecule has 3 aromatic carbocycles. The Labute approximate surface area is 211 Å². The lowest BCUT2D eigenvalue weighted by molar-refractivity contribution is -0.137. The van der Waals surface area contributed by atoms with Gasteiger partial charge in [-0.3, -0.25) is 0 Å². The van der Waals surface area contributed by atoms with Crippen LogP contribution in [-0.2, 0) is 22.6 Å². The summed E-state index contributed by atoms with van der Waals surface area (Å²) >= 11 is 5.78. The minimum Gasteiger partial charge on any atom is -0.492 e. The standard InChI is InChI=1S/C24H15ClF5NO5S/c1-36-22-17(26)11-19(21(27)20(22)25)37(34,35)31-16(8-12-2-4-13(5-3-12)23(32)33)10-14-9-15(24(28,29)30)6-7-18(14)31/h2-7,9-11H,8H2,1H3,(H,32,33). The first kappa shape index (κ1) is 26.4. The van der Waals surface area contributed by atoms with Crippen LogP contribution in [0.1, 0.15) is 27.2 Å². The van der Waals surface area contributed by atoms with Gasteiger partial charge in [-0.05, 0) is 42.0 Å². The van der Waals surface area contributed by atoms with Gasteiger partial charge in [-0.15, -0.1) is 0 Å². The van der Waals surface area contributed by atoms with Crippen molar-refractivity contribution in [1.29, 1.82) is 0 Å². The Hall–Kier alpha value is -3.64. The SMILES string of the molecule is COc1c(F)cc(S(=O)(=O)n2c(Cc3ccc(C(=O)O)cc3)cc3cc(C(F)(F)F)ccc32)c(F)c1Cl. The normalized spacial score (nSPS) is 12.2. The molecule has 0 unspecified atom stereocenters. The Morgan fingerprint density at radius 1 is 1.05 bits per heavy atom. The maximum absolute atomic E-state index is 15.0. The van der Waals surface area contributed by atoms with Crippen LogP contribution in [0.3, 0.4) is 0 Å². The number of aromatic nitrogens is 1. The summed E-state index contributed by atoms with van der Waals surface area (Å²) < 4.78 is 102. The van der Waals surface area contributed by atoms with Crippen molar-refractivity contribution in [3.8, 4) is 5.75 Å². The van der Waals surface area contributed by atoms with E-state index >= 15 is 4.39 Å². The van der Waals surface area contributed by atoms with Crippen molar-refractivity contribution in [1.82, 2.24) is 3.97 Å². The Morgan fingerprint density at radius 2 is 1.70 bits per heavy atom. The number of carbonyl (C=O) groups is 1. The number of rotatable bonds is 6. The van der Waals surface area contributed by atoms with Crippen LogP contribution in [0, 0.1) is 11.6 Å². The number of aromatic carboxylic acids is 1. The lowest BCUT2D eigenvalue weighted by Gasteiger charge is -2.15. The van der Waals surface area contributed by atoms with Crippen molar-refractivity contribution in [2.24, 2.45) is 0 Å². The number of halogens is 6. The largest absolute Gasteiger partial charge is 0.492 e. The molecule has 13 heteroatoms. The fourth-order valence-corrected chi connectivity index (χ4v) is 5.79. The molecule has 0 saturated carbocycles. The molecule has 1 aromatic heterocycles. The van der Waals surface area contributed by atoms with Crippen LogP contribution in [0.15, 0.2) is 59.5 Å². The van der Waals surface area contributed by atoms with Crippen molar-refractivity contribution in [3.05, 3.63) is 93.6 Å². The summed E-state index contributed by atoms with van der Waals surface area (Å²) in [7, 11) is -3.95. The van der Waals surface area contributed by atoms with E-state index < -0.39 is 55.0 Å². The summed E-state index contributed by atoms with van der Waals surface area (Å²) in [5.41, 5.74) is -1.01. The van der Waals surface area contributed by atoms with Gasteiger partial charge in [-0.1, -0.05) is 23.7 Å². The van der Waals surface area contributed by atoms with Gasteiger partial charge in [0, 0.05) is 23.6 Å². The molecule has 0 radical (unpaired) electrons. The van der Waals surface area contributed by atoms with E-state index in [1.807, 2.05) is 0 Å². The van der Waals surface area contributed by atoms with Gasteiger partial charge in [0.1, 0.15) is 9.92 Å². The Kier molecular flexibility index (Phi) is 6.67. The summed E-state index contributed by atoms with van der Waals surface area (Å²) in [4.78, 5) is 9.96. The maximum Gasteiger partial charge on any atom is 0.416 e. The highest BCUT2D eigenvalue weighted by Crippen LogP contribution is 2.38. The van der Waals surface area contributed by atoms with Gasteiger partial charge in [-0.25, -0.2) is 26.0 Å². The van der Waals surface area contributed by atoms with E-state index in [1.54, 1.807) is 0 Å². The highest BCUT2D eigenvalue weighted by Gasteiger charge is 2.33. The number of hydrogen-bond acceptors (Lipinski definition) is 4. The van der Waals surface area contributed by atoms with Gasteiger partial charge in [0.25, 0.3) is 10.0 Å². The van der Waals surface area contributed by atoms with Gasteiger partial charge in [0.2, 0.25) is 0 Å². The number of carboxylic acid groups (broad SMARTS) is 1. The molecule has 1 N–H and O–H groups in total. The molecule has 1 heterocycles. The van der Waals surface area contributed by atoms with Crippen LogP contribution >= 0.6 is 11.6 Å². The topological polar surface area (TPSA) is 85.6 Å². The molecule has 4 rings (SSSR count). The van der Waals surface area contributed by atoms with Crippen molar-refractivity contribution in [3.63, 3.8) is 0 Å². The zero-order chi connectivity index (χ0) is 27.3. The van der Waals surface area contributed by atoms with Gasteiger partial charge in [0.15, 0.2) is 17.4 Å². The second-order valence-corrected chi connectivity index (χ2v) is 10.0. The number of ether oxygens (including phenoxy) is 1. The number of carboxylic acids is 1. The summed E-state index contributed by atoms with van der Waals surface area (Å²) in [5.74, 6) is -4.69. The third-order valence-electron chi connectivity index (χ3n) is 5.55. The number of methoxy groups -OCH3 is 1. The molecule has 0 aliphatic rings. The second-order valence-electron chi connectivity index (χ2n) is 7.87. The first-order valence-corrected chi connectivity index (χ1v) is 12.1. The first-order chi connectivity index (χ1) is 17.3. The molecule has 37 heavy (non-hydrogen) atoms. The number of fused-ring (bicyclic) bond motifs is 1. The fourth-order valence-electron chi connectivity index (χ4n) is 3.84. The van der Waals surface area contributed by atoms with E-state index in [-0.39, 0.29) is 28.6 Å². The Morgan fingerprint density at radius 3 is 2.27 bits per heavy atom. The zero-order valence-electron chi connectivity index (χ0n) is 18.6. The average Bonchev–Trinajstić information content (AvgIpc) is 3.19. The van der Waals surface area contributed by atoms with Gasteiger partial charge in [-0.2, -0.15) is 13.2 Å². The number of benzene rings is 3. The highest BCUT2D eigenvalue weighted by molar-refractivity contribution is 7.90. The summed E-state index contributed by atoms with van der Waals surface area (Å²) in [6, 6.07) is 9.16. The van der Waals surface area contributed by atoms with Crippen LogP contribution in [0.2, 0.25) is 5.02 Å². The number of alkyl halides is 3. The van der Waals surface area contributed by atoms with Gasteiger partial charge >= 0.3 is 12.1 Å². The summed E-state index contributed by atoms with van der Waals surface area (Å²) in [5, 5.41) is 8.02. The van der Waals surface area contributed by atoms with E-state index in [0.29, 0.717) is 21.7 Å². The number of nitrogens with zero attached hydrogens (tertiary/aromatic N) is 1. The molecule has 4 aromatic rings. The zero-order valence-corrected chi connectivity index (χ0v) is 20.2. The minimum absolute atomic E-state index is 0.0443. The second kappa shape index (κ2) is 9.34. The van der Waals surface area contributed by atoms with Crippen molar-refractivity contribution >= 4 is 38.5 Å². The molecule has 0 atom stereocenters. The first-order valence-electron chi connectivity index (χ1n) is 10.3. The van der Waals surface area contributed by atoms with Gasteiger partial charge in [0.05, 0.1) is 23.8 Å². The Bertz CT molecular complexity index is 1650. The van der Waals surface area contributed by atoms with Crippen molar-refractivity contribution in [2.45, 2.75) is 17.5 Å². The fraction of sp³-hybridized carbons (Fsp3) is 0.125. The molecule has 0 spiro atoms. The predicted molar refractivity (Wildman–Crippen MR) is 124 cm³/mol. The van der Waals surface area contributed by atoms with Crippen LogP contribution in [0.4, 0.5) is 22.0 Å². The van der Waals surface area contributed by atoms with Crippen LogP contribution in [0.5, 0.6) is 5.75 Å². The van der Waals surface area contributed by atoms with E-state index in [1.165, 1.54) is 30.3 Å². The van der Waals surface area contributed by atoms with E-state index in [9.17, 15) is 30.8 Å². The molecule has 0 bridgehead atoms. The van der Waals surface area contributed by atoms with Crippen molar-refractivity contribution in [2.75, 3.05) is 7.11 Å². The molecule has 0 amide bonds. The minimum atomic E-state index is -4.96. The predicted octanol–water partition coefficient (Wildman–Crippen LogP) is 6.13. The molecule has 0 aliphatic heterocycles. The molecular formula is C24H15ClF5NO5S. The van der Waals surface area contributed by atoms with E-state index in [2.05, 4.69) is 4.74 Å². The highest BCUT2D eigenvalue weighted by atomic mass is 35.5. The third-order valence-corrected chi connectivity index (χ3v) is 7.65. The molecule has 0 aliphatic carbocycles. The molecule has 0 fully saturated rings. The quantitative estimate of drug-likeness (QED) is 0.227. The van der Waals surface area contributed by atoms with E-state index in [4.69, 9.17) is 16.7 Å². The molecule has 194 valence electrons. The lowest BCUT2D eigenvalue weighted by atomic mass is 10.1. The molecular weight excluding hydrogens is 545 g/mol. The maximum atomic E-state index is 15.0. The van der Waals surface area contributed by atoms with Crippen LogP contribution in [-0.4, -0.2) is 30.6 Å². The van der Waals surface area contributed by atoms with E-state index in [0.717, 1.165) is 19.2 Å². The number of hydrogen-bond donors (Lipinski definition) is 1. The van der Waals surface area contributed by atoms with Crippen molar-refractivity contribution < 1.29 is 45.0 Å². The third kappa shape index (κ3) is 4.74. The van der Waals surface area contributed by atoms with Gasteiger partial charge < -0.3 is 9.84 Å². The lowest BCUT2D eigenvalue weighted by Crippen LogP contribution is -2.18. The van der Waals surface area contributed by atoms with Crippen LogP contribution in [0.25, 0.3) is 10.9 Å². The molecule has 6 nitrogen and oxygen atoms in total. The average molecular weight is 560 g/mol. The monoisotopic (exact) mass is 559 g/mol. The smallest absolute Gasteiger partial charge is 0.416 e. The summed E-state index contributed by atoms with van der Waals surface area (Å²) in [6.07, 6.45) is -4.93. The Balaban J connectivity index is 1.97.